The summed E-state index contributed by atoms with van der Waals surface area (Å²) >= 11 is 4.97. The van der Waals surface area contributed by atoms with E-state index in [1.54, 1.807) is 0 Å². The van der Waals surface area contributed by atoms with Gasteiger partial charge in [0.15, 0.2) is 0 Å². The lowest BCUT2D eigenvalue weighted by Gasteiger charge is -2.06. The average molecular weight is 199 g/mol. The van der Waals surface area contributed by atoms with Crippen LogP contribution in [0, 0.1) is 10.8 Å². The molecule has 0 aliphatic heterocycles. The Kier molecular flexibility index (Phi) is 3.31. The summed E-state index contributed by atoms with van der Waals surface area (Å²) in [7, 11) is 0. The van der Waals surface area contributed by atoms with Crippen molar-refractivity contribution < 1.29 is 4.42 Å². The van der Waals surface area contributed by atoms with Crippen molar-refractivity contribution in [1.82, 2.24) is 4.98 Å². The summed E-state index contributed by atoms with van der Waals surface area (Å²) in [5.74, 6) is 2.04. The predicted octanol–water partition coefficient (Wildman–Crippen LogP) is 3.66. The predicted molar refractivity (Wildman–Crippen MR) is 56.5 cm³/mol. The molecule has 0 aliphatic carbocycles. The second-order valence-corrected chi connectivity index (χ2v) is 4.48. The van der Waals surface area contributed by atoms with Gasteiger partial charge in [-0.3, -0.25) is 0 Å². The summed E-state index contributed by atoms with van der Waals surface area (Å²) < 4.78 is 5.44. The van der Waals surface area contributed by atoms with Gasteiger partial charge >= 0.3 is 0 Å². The average Bonchev–Trinajstić information content (AvgIpc) is 2.29. The molecule has 1 heterocycles. The Bertz CT molecular complexity index is 322. The van der Waals surface area contributed by atoms with Crippen molar-refractivity contribution in [3.8, 4) is 0 Å². The minimum atomic E-state index is 0.404. The number of aromatic amines is 1. The fourth-order valence-electron chi connectivity index (χ4n) is 1.40. The molecule has 1 rings (SSSR count). The van der Waals surface area contributed by atoms with Gasteiger partial charge in [-0.1, -0.05) is 27.7 Å². The monoisotopic (exact) mass is 199 g/mol. The zero-order valence-electron chi connectivity index (χ0n) is 8.68. The first-order valence-corrected chi connectivity index (χ1v) is 5.13. The van der Waals surface area contributed by atoms with E-state index >= 15 is 0 Å². The molecule has 0 aliphatic rings. The van der Waals surface area contributed by atoms with Crippen LogP contribution in [0.5, 0.6) is 0 Å². The van der Waals surface area contributed by atoms with Crippen molar-refractivity contribution in [3.05, 3.63) is 16.3 Å². The molecule has 0 bridgehead atoms. The van der Waals surface area contributed by atoms with Crippen molar-refractivity contribution in [2.75, 3.05) is 0 Å². The quantitative estimate of drug-likeness (QED) is 0.753. The topological polar surface area (TPSA) is 28.9 Å². The third kappa shape index (κ3) is 2.69. The molecule has 74 valence electrons. The molecular formula is C10H17NOS. The molecule has 0 radical (unpaired) electrons. The van der Waals surface area contributed by atoms with Crippen LogP contribution in [0.25, 0.3) is 0 Å². The molecule has 2 nitrogen and oxygen atoms in total. The zero-order chi connectivity index (χ0) is 10.0. The van der Waals surface area contributed by atoms with E-state index in [2.05, 4.69) is 32.7 Å². The van der Waals surface area contributed by atoms with Crippen LogP contribution >= 0.6 is 12.2 Å². The maximum atomic E-state index is 5.44. The molecule has 0 spiro atoms. The third-order valence-corrected chi connectivity index (χ3v) is 2.08. The molecule has 0 saturated carbocycles. The van der Waals surface area contributed by atoms with E-state index in [0.29, 0.717) is 16.7 Å². The summed E-state index contributed by atoms with van der Waals surface area (Å²) in [6.45, 7) is 8.61. The smallest absolute Gasteiger partial charge is 0.266 e. The van der Waals surface area contributed by atoms with Crippen molar-refractivity contribution in [3.63, 3.8) is 0 Å². The van der Waals surface area contributed by atoms with E-state index < -0.39 is 0 Å². The number of H-pyrrole nitrogens is 1. The standard InChI is InChI=1S/C10H17NOS/c1-6(2)5-8-9(7(3)4)12-10(13)11-8/h6-7H,5H2,1-4H3,(H,11,13). The van der Waals surface area contributed by atoms with Crippen molar-refractivity contribution in [1.29, 1.82) is 0 Å². The fourth-order valence-corrected chi connectivity index (χ4v) is 1.61. The van der Waals surface area contributed by atoms with Crippen LogP contribution in [0.1, 0.15) is 45.1 Å². The van der Waals surface area contributed by atoms with Crippen LogP contribution in [0.3, 0.4) is 0 Å². The van der Waals surface area contributed by atoms with Gasteiger partial charge in [0.25, 0.3) is 4.84 Å². The molecule has 0 atom stereocenters. The minimum Gasteiger partial charge on any atom is -0.434 e. The maximum Gasteiger partial charge on any atom is 0.266 e. The molecule has 0 fully saturated rings. The van der Waals surface area contributed by atoms with Gasteiger partial charge in [0.1, 0.15) is 5.76 Å². The maximum absolute atomic E-state index is 5.44. The highest BCUT2D eigenvalue weighted by atomic mass is 32.1. The number of nitrogens with one attached hydrogen (secondary N) is 1. The number of oxazole rings is 1. The van der Waals surface area contributed by atoms with Crippen LogP contribution in [0.15, 0.2) is 4.42 Å². The highest BCUT2D eigenvalue weighted by Gasteiger charge is 2.12. The van der Waals surface area contributed by atoms with Crippen molar-refractivity contribution in [2.45, 2.75) is 40.0 Å². The summed E-state index contributed by atoms with van der Waals surface area (Å²) in [5.41, 5.74) is 1.16. The number of hydrogen-bond donors (Lipinski definition) is 1. The molecule has 1 aromatic rings. The Morgan fingerprint density at radius 2 is 1.92 bits per heavy atom. The SMILES string of the molecule is CC(C)Cc1[nH]c(=S)oc1C(C)C. The summed E-state index contributed by atoms with van der Waals surface area (Å²) in [6.07, 6.45) is 1.01. The number of rotatable bonds is 3. The molecule has 0 aromatic carbocycles. The summed E-state index contributed by atoms with van der Waals surface area (Å²) in [4.78, 5) is 3.60. The number of hydrogen-bond acceptors (Lipinski definition) is 2. The molecule has 0 saturated heterocycles. The Hall–Kier alpha value is -0.570. The highest BCUT2D eigenvalue weighted by Crippen LogP contribution is 2.21. The van der Waals surface area contributed by atoms with E-state index in [4.69, 9.17) is 16.6 Å². The van der Waals surface area contributed by atoms with Gasteiger partial charge < -0.3 is 9.40 Å². The first-order chi connectivity index (χ1) is 6.00. The van der Waals surface area contributed by atoms with Gasteiger partial charge in [0, 0.05) is 5.92 Å². The molecule has 0 unspecified atom stereocenters. The molecule has 0 amide bonds. The van der Waals surface area contributed by atoms with Gasteiger partial charge in [0.2, 0.25) is 0 Å². The Labute approximate surface area is 84.4 Å². The van der Waals surface area contributed by atoms with Gasteiger partial charge in [-0.25, -0.2) is 0 Å². The molecule has 1 N–H and O–H groups in total. The third-order valence-electron chi connectivity index (χ3n) is 1.89. The minimum absolute atomic E-state index is 0.404. The van der Waals surface area contributed by atoms with E-state index in [-0.39, 0.29) is 0 Å². The Morgan fingerprint density at radius 1 is 1.31 bits per heavy atom. The summed E-state index contributed by atoms with van der Waals surface area (Å²) in [6, 6.07) is 0. The number of aromatic nitrogens is 1. The lowest BCUT2D eigenvalue weighted by atomic mass is 10.0. The van der Waals surface area contributed by atoms with Crippen LogP contribution in [-0.2, 0) is 6.42 Å². The van der Waals surface area contributed by atoms with Gasteiger partial charge in [-0.15, -0.1) is 0 Å². The molecule has 13 heavy (non-hydrogen) atoms. The van der Waals surface area contributed by atoms with Crippen LogP contribution in [0.4, 0.5) is 0 Å². The Morgan fingerprint density at radius 3 is 2.38 bits per heavy atom. The van der Waals surface area contributed by atoms with Crippen molar-refractivity contribution in [2.24, 2.45) is 5.92 Å². The molecular weight excluding hydrogens is 182 g/mol. The first kappa shape index (κ1) is 10.5. The Balaban J connectivity index is 2.97. The normalized spacial score (nSPS) is 11.5. The highest BCUT2D eigenvalue weighted by molar-refractivity contribution is 7.71. The van der Waals surface area contributed by atoms with Gasteiger partial charge in [0.05, 0.1) is 5.69 Å². The largest absolute Gasteiger partial charge is 0.434 e. The van der Waals surface area contributed by atoms with E-state index in [1.807, 2.05) is 0 Å². The van der Waals surface area contributed by atoms with Crippen LogP contribution in [-0.4, -0.2) is 4.98 Å². The van der Waals surface area contributed by atoms with Crippen molar-refractivity contribution >= 4 is 12.2 Å². The second kappa shape index (κ2) is 4.09. The van der Waals surface area contributed by atoms with E-state index in [0.717, 1.165) is 17.9 Å². The van der Waals surface area contributed by atoms with Gasteiger partial charge in [-0.05, 0) is 24.6 Å². The molecule has 1 aromatic heterocycles. The molecule has 3 heteroatoms. The van der Waals surface area contributed by atoms with Crippen LogP contribution in [0.2, 0.25) is 0 Å². The first-order valence-electron chi connectivity index (χ1n) is 4.72. The van der Waals surface area contributed by atoms with Crippen LogP contribution < -0.4 is 0 Å². The zero-order valence-corrected chi connectivity index (χ0v) is 9.49. The lowest BCUT2D eigenvalue weighted by molar-refractivity contribution is 0.464. The van der Waals surface area contributed by atoms with Gasteiger partial charge in [-0.2, -0.15) is 0 Å². The van der Waals surface area contributed by atoms with E-state index in [9.17, 15) is 0 Å². The fraction of sp³-hybridized carbons (Fsp3) is 0.700. The van der Waals surface area contributed by atoms with E-state index in [1.165, 1.54) is 0 Å². The second-order valence-electron chi connectivity index (χ2n) is 4.11. The lowest BCUT2D eigenvalue weighted by Crippen LogP contribution is -1.99. The summed E-state index contributed by atoms with van der Waals surface area (Å²) in [5, 5.41) is 0.